The maximum Gasteiger partial charge on any atom is 0.293 e. The second kappa shape index (κ2) is 7.51. The Balaban J connectivity index is 1.45. The van der Waals surface area contributed by atoms with Gasteiger partial charge in [0, 0.05) is 37.6 Å². The minimum absolute atomic E-state index is 0.0713. The molecule has 0 N–H and O–H groups in total. The zero-order chi connectivity index (χ0) is 21.5. The van der Waals surface area contributed by atoms with Crippen LogP contribution in [-0.2, 0) is 10.2 Å². The van der Waals surface area contributed by atoms with Gasteiger partial charge in [0.2, 0.25) is 11.7 Å². The van der Waals surface area contributed by atoms with Crippen molar-refractivity contribution in [2.45, 2.75) is 33.1 Å². The summed E-state index contributed by atoms with van der Waals surface area (Å²) in [4.78, 5) is 38.3. The van der Waals surface area contributed by atoms with E-state index in [1.54, 1.807) is 9.42 Å². The lowest BCUT2D eigenvalue weighted by Gasteiger charge is -2.38. The summed E-state index contributed by atoms with van der Waals surface area (Å²) in [6.45, 7) is 9.57. The summed E-state index contributed by atoms with van der Waals surface area (Å²) in [5.74, 6) is 0.406. The molecule has 1 saturated heterocycles. The van der Waals surface area contributed by atoms with E-state index in [0.29, 0.717) is 32.0 Å². The summed E-state index contributed by atoms with van der Waals surface area (Å²) in [7, 11) is 0. The number of fused-ring (bicyclic) bond motifs is 1. The quantitative estimate of drug-likeness (QED) is 0.664. The average Bonchev–Trinajstić information content (AvgIpc) is 3.18. The third kappa shape index (κ3) is 3.53. The SMILES string of the molecule is Cc1cc(C)n2nc(C(=O)N3CCN(C(=O)C(C)(C)c4ccccc4)CC3)nc2n1. The van der Waals surface area contributed by atoms with Gasteiger partial charge >= 0.3 is 0 Å². The Morgan fingerprint density at radius 2 is 1.57 bits per heavy atom. The summed E-state index contributed by atoms with van der Waals surface area (Å²) in [6.07, 6.45) is 0. The standard InChI is InChI=1S/C22H26N6O2/c1-15-14-16(2)28-21(23-15)24-18(25-28)19(29)26-10-12-27(13-11-26)20(30)22(3,4)17-8-6-5-7-9-17/h5-9,14H,10-13H2,1-4H3. The molecule has 1 aliphatic rings. The highest BCUT2D eigenvalue weighted by molar-refractivity contribution is 5.91. The lowest BCUT2D eigenvalue weighted by atomic mass is 9.83. The molecule has 30 heavy (non-hydrogen) atoms. The molecule has 0 unspecified atom stereocenters. The van der Waals surface area contributed by atoms with E-state index in [2.05, 4.69) is 15.1 Å². The summed E-state index contributed by atoms with van der Waals surface area (Å²) < 4.78 is 1.59. The van der Waals surface area contributed by atoms with Crippen LogP contribution in [0.25, 0.3) is 5.78 Å². The molecule has 0 spiro atoms. The Hall–Kier alpha value is -3.29. The van der Waals surface area contributed by atoms with E-state index in [0.717, 1.165) is 17.0 Å². The number of carbonyl (C=O) groups excluding carboxylic acids is 2. The fraction of sp³-hybridized carbons (Fsp3) is 0.409. The van der Waals surface area contributed by atoms with Crippen LogP contribution in [0.3, 0.4) is 0 Å². The van der Waals surface area contributed by atoms with Crippen molar-refractivity contribution >= 4 is 17.6 Å². The van der Waals surface area contributed by atoms with Crippen molar-refractivity contribution < 1.29 is 9.59 Å². The molecule has 0 atom stereocenters. The van der Waals surface area contributed by atoms with E-state index in [-0.39, 0.29) is 17.6 Å². The van der Waals surface area contributed by atoms with E-state index < -0.39 is 5.41 Å². The van der Waals surface area contributed by atoms with Crippen LogP contribution >= 0.6 is 0 Å². The maximum absolute atomic E-state index is 13.1. The van der Waals surface area contributed by atoms with Crippen LogP contribution < -0.4 is 0 Å². The molecule has 3 aromatic rings. The Kier molecular flexibility index (Phi) is 5.01. The number of hydrogen-bond donors (Lipinski definition) is 0. The van der Waals surface area contributed by atoms with Gasteiger partial charge in [-0.3, -0.25) is 9.59 Å². The van der Waals surface area contributed by atoms with Crippen molar-refractivity contribution in [3.63, 3.8) is 0 Å². The molecule has 0 radical (unpaired) electrons. The van der Waals surface area contributed by atoms with Gasteiger partial charge in [0.1, 0.15) is 0 Å². The van der Waals surface area contributed by atoms with Gasteiger partial charge in [0.15, 0.2) is 0 Å². The molecule has 1 fully saturated rings. The molecule has 8 heteroatoms. The van der Waals surface area contributed by atoms with Crippen molar-refractivity contribution in [2.75, 3.05) is 26.2 Å². The highest BCUT2D eigenvalue weighted by atomic mass is 16.2. The van der Waals surface area contributed by atoms with Gasteiger partial charge in [-0.05, 0) is 39.3 Å². The maximum atomic E-state index is 13.1. The summed E-state index contributed by atoms with van der Waals surface area (Å²) in [5, 5.41) is 4.33. The van der Waals surface area contributed by atoms with Gasteiger partial charge in [-0.15, -0.1) is 5.10 Å². The molecule has 1 aliphatic heterocycles. The van der Waals surface area contributed by atoms with Gasteiger partial charge in [0.05, 0.1) is 5.41 Å². The van der Waals surface area contributed by atoms with Crippen LogP contribution in [0.4, 0.5) is 0 Å². The third-order valence-electron chi connectivity index (χ3n) is 5.69. The molecule has 0 aliphatic carbocycles. The number of piperazine rings is 1. The summed E-state index contributed by atoms with van der Waals surface area (Å²) >= 11 is 0. The normalized spacial score (nSPS) is 14.9. The van der Waals surface area contributed by atoms with Gasteiger partial charge in [-0.25, -0.2) is 9.50 Å². The number of aryl methyl sites for hydroxylation is 2. The van der Waals surface area contributed by atoms with E-state index in [1.165, 1.54) is 0 Å². The Morgan fingerprint density at radius 1 is 0.933 bits per heavy atom. The third-order valence-corrected chi connectivity index (χ3v) is 5.69. The summed E-state index contributed by atoms with van der Waals surface area (Å²) in [5.41, 5.74) is 2.08. The predicted molar refractivity (Wildman–Crippen MR) is 112 cm³/mol. The average molecular weight is 406 g/mol. The van der Waals surface area contributed by atoms with Crippen molar-refractivity contribution in [1.29, 1.82) is 0 Å². The first-order valence-electron chi connectivity index (χ1n) is 10.1. The fourth-order valence-electron chi connectivity index (χ4n) is 3.88. The number of benzene rings is 1. The van der Waals surface area contributed by atoms with Gasteiger partial charge < -0.3 is 9.80 Å². The smallest absolute Gasteiger partial charge is 0.293 e. The Bertz CT molecular complexity index is 1100. The van der Waals surface area contributed by atoms with Crippen LogP contribution in [0.15, 0.2) is 36.4 Å². The minimum atomic E-state index is -0.613. The lowest BCUT2D eigenvalue weighted by molar-refractivity contribution is -0.137. The molecule has 1 aromatic carbocycles. The molecular weight excluding hydrogens is 380 g/mol. The number of carbonyl (C=O) groups is 2. The number of aromatic nitrogens is 4. The Morgan fingerprint density at radius 3 is 2.23 bits per heavy atom. The predicted octanol–water partition coefficient (Wildman–Crippen LogP) is 2.00. The van der Waals surface area contributed by atoms with E-state index in [9.17, 15) is 9.59 Å². The molecule has 2 aromatic heterocycles. The zero-order valence-electron chi connectivity index (χ0n) is 17.8. The van der Waals surface area contributed by atoms with Gasteiger partial charge in [0.25, 0.3) is 11.7 Å². The number of hydrogen-bond acceptors (Lipinski definition) is 5. The number of rotatable bonds is 3. The van der Waals surface area contributed by atoms with Crippen molar-refractivity contribution in [3.8, 4) is 0 Å². The van der Waals surface area contributed by atoms with Crippen LogP contribution in [0.1, 0.15) is 41.4 Å². The van der Waals surface area contributed by atoms with Crippen LogP contribution in [0.2, 0.25) is 0 Å². The largest absolute Gasteiger partial charge is 0.338 e. The van der Waals surface area contributed by atoms with Gasteiger partial charge in [-0.2, -0.15) is 4.98 Å². The second-order valence-electron chi connectivity index (χ2n) is 8.26. The molecule has 2 amide bonds. The first-order valence-corrected chi connectivity index (χ1v) is 10.1. The lowest BCUT2D eigenvalue weighted by Crippen LogP contribution is -2.54. The van der Waals surface area contributed by atoms with Crippen molar-refractivity contribution in [1.82, 2.24) is 29.4 Å². The molecular formula is C22H26N6O2. The molecule has 8 nitrogen and oxygen atoms in total. The molecule has 4 rings (SSSR count). The van der Waals surface area contributed by atoms with Gasteiger partial charge in [-0.1, -0.05) is 30.3 Å². The monoisotopic (exact) mass is 406 g/mol. The zero-order valence-corrected chi connectivity index (χ0v) is 17.8. The molecule has 3 heterocycles. The minimum Gasteiger partial charge on any atom is -0.338 e. The van der Waals surface area contributed by atoms with E-state index in [4.69, 9.17) is 0 Å². The van der Waals surface area contributed by atoms with Crippen LogP contribution in [0.5, 0.6) is 0 Å². The topological polar surface area (TPSA) is 83.7 Å². The van der Waals surface area contributed by atoms with Crippen molar-refractivity contribution in [3.05, 3.63) is 59.2 Å². The summed E-state index contributed by atoms with van der Waals surface area (Å²) in [6, 6.07) is 11.7. The Labute approximate surface area is 175 Å². The highest BCUT2D eigenvalue weighted by Crippen LogP contribution is 2.26. The number of amides is 2. The van der Waals surface area contributed by atoms with Crippen molar-refractivity contribution in [2.24, 2.45) is 0 Å². The van der Waals surface area contributed by atoms with E-state index in [1.807, 2.05) is 69.0 Å². The fourth-order valence-corrected chi connectivity index (χ4v) is 3.88. The highest BCUT2D eigenvalue weighted by Gasteiger charge is 2.36. The number of nitrogens with zero attached hydrogens (tertiary/aromatic N) is 6. The first kappa shape index (κ1) is 20.0. The van der Waals surface area contributed by atoms with Crippen LogP contribution in [0, 0.1) is 13.8 Å². The first-order chi connectivity index (χ1) is 14.3. The van der Waals surface area contributed by atoms with E-state index >= 15 is 0 Å². The molecule has 0 saturated carbocycles. The van der Waals surface area contributed by atoms with Crippen LogP contribution in [-0.4, -0.2) is 67.4 Å². The molecule has 156 valence electrons. The molecule has 0 bridgehead atoms. The second-order valence-corrected chi connectivity index (χ2v) is 8.26.